The van der Waals surface area contributed by atoms with Gasteiger partial charge in [0.2, 0.25) is 0 Å². The van der Waals surface area contributed by atoms with Gasteiger partial charge in [-0.1, -0.05) is 72.3 Å². The molecule has 24 heavy (non-hydrogen) atoms. The number of halogens is 1. The van der Waals surface area contributed by atoms with Gasteiger partial charge in [0.25, 0.3) is 0 Å². The van der Waals surface area contributed by atoms with Crippen molar-refractivity contribution >= 4 is 23.0 Å². The fourth-order valence-corrected chi connectivity index (χ4v) is 3.07. The van der Waals surface area contributed by atoms with Crippen molar-refractivity contribution in [2.45, 2.75) is 6.04 Å². The summed E-state index contributed by atoms with van der Waals surface area (Å²) in [5.74, 6) is 0. The Morgan fingerprint density at radius 2 is 1.38 bits per heavy atom. The molecule has 0 amide bonds. The first kappa shape index (κ1) is 15.0. The first-order chi connectivity index (χ1) is 11.8. The molecule has 0 bridgehead atoms. The van der Waals surface area contributed by atoms with Crippen molar-refractivity contribution < 1.29 is 0 Å². The van der Waals surface area contributed by atoms with Crippen LogP contribution in [0.4, 0.5) is 5.69 Å². The molecule has 3 aromatic carbocycles. The van der Waals surface area contributed by atoms with Crippen molar-refractivity contribution in [2.75, 3.05) is 5.01 Å². The second-order valence-corrected chi connectivity index (χ2v) is 6.18. The molecule has 0 saturated carbocycles. The molecule has 1 N–H and O–H groups in total. The maximum absolute atomic E-state index is 6.02. The Morgan fingerprint density at radius 3 is 2.04 bits per heavy atom. The third-order valence-corrected chi connectivity index (χ3v) is 4.40. The van der Waals surface area contributed by atoms with E-state index >= 15 is 0 Å². The number of rotatable bonds is 3. The highest BCUT2D eigenvalue weighted by molar-refractivity contribution is 6.30. The number of anilines is 1. The van der Waals surface area contributed by atoms with Gasteiger partial charge in [-0.15, -0.1) is 0 Å². The lowest BCUT2D eigenvalue weighted by Crippen LogP contribution is -2.33. The van der Waals surface area contributed by atoms with E-state index in [-0.39, 0.29) is 6.04 Å². The Labute approximate surface area is 147 Å². The zero-order valence-corrected chi connectivity index (χ0v) is 13.8. The summed E-state index contributed by atoms with van der Waals surface area (Å²) >= 11 is 6.02. The van der Waals surface area contributed by atoms with Crippen LogP contribution in [0.3, 0.4) is 0 Å². The van der Waals surface area contributed by atoms with E-state index in [1.165, 1.54) is 11.1 Å². The summed E-state index contributed by atoms with van der Waals surface area (Å²) in [6, 6.07) is 28.9. The highest BCUT2D eigenvalue weighted by Crippen LogP contribution is 2.34. The average molecular weight is 333 g/mol. The van der Waals surface area contributed by atoms with Crippen molar-refractivity contribution in [3.63, 3.8) is 0 Å². The lowest BCUT2D eigenvalue weighted by molar-refractivity contribution is 0.674. The lowest BCUT2D eigenvalue weighted by Gasteiger charge is -2.24. The molecule has 0 aliphatic carbocycles. The molecule has 0 fully saturated rings. The summed E-state index contributed by atoms with van der Waals surface area (Å²) in [6.45, 7) is 0. The Balaban J connectivity index is 1.75. The molecule has 4 rings (SSSR count). The monoisotopic (exact) mass is 332 g/mol. The van der Waals surface area contributed by atoms with Crippen LogP contribution < -0.4 is 10.4 Å². The fourth-order valence-electron chi connectivity index (χ4n) is 2.94. The predicted molar refractivity (Wildman–Crippen MR) is 101 cm³/mol. The van der Waals surface area contributed by atoms with Crippen LogP contribution in [0, 0.1) is 0 Å². The Kier molecular flexibility index (Phi) is 4.08. The predicted octanol–water partition coefficient (Wildman–Crippen LogP) is 5.45. The molecule has 1 atom stereocenters. The number of para-hydroxylation sites is 1. The fraction of sp³-hybridized carbons (Fsp3) is 0.0476. The molecule has 3 aromatic rings. The largest absolute Gasteiger partial charge is 0.276 e. The second-order valence-electron chi connectivity index (χ2n) is 5.75. The number of hydrogen-bond donors (Lipinski definition) is 1. The molecule has 1 aliphatic heterocycles. The topological polar surface area (TPSA) is 15.3 Å². The van der Waals surface area contributed by atoms with Gasteiger partial charge in [0, 0.05) is 5.02 Å². The van der Waals surface area contributed by atoms with Crippen LogP contribution in [0.25, 0.3) is 5.70 Å². The van der Waals surface area contributed by atoms with Crippen molar-refractivity contribution in [3.8, 4) is 0 Å². The minimum absolute atomic E-state index is 0.109. The van der Waals surface area contributed by atoms with Gasteiger partial charge < -0.3 is 0 Å². The van der Waals surface area contributed by atoms with Crippen LogP contribution in [0.15, 0.2) is 91.0 Å². The van der Waals surface area contributed by atoms with Crippen LogP contribution in [-0.2, 0) is 0 Å². The Hall–Kier alpha value is -2.55. The van der Waals surface area contributed by atoms with Crippen molar-refractivity contribution in [3.05, 3.63) is 107 Å². The van der Waals surface area contributed by atoms with Gasteiger partial charge >= 0.3 is 0 Å². The van der Waals surface area contributed by atoms with E-state index in [2.05, 4.69) is 77.2 Å². The van der Waals surface area contributed by atoms with Crippen LogP contribution in [-0.4, -0.2) is 0 Å². The van der Waals surface area contributed by atoms with Crippen molar-refractivity contribution in [1.29, 1.82) is 0 Å². The summed E-state index contributed by atoms with van der Waals surface area (Å²) in [5, 5.41) is 2.90. The second kappa shape index (κ2) is 6.52. The van der Waals surface area contributed by atoms with Crippen LogP contribution >= 0.6 is 11.6 Å². The molecule has 1 aliphatic rings. The molecule has 1 heterocycles. The summed E-state index contributed by atoms with van der Waals surface area (Å²) in [5.41, 5.74) is 8.23. The van der Waals surface area contributed by atoms with Gasteiger partial charge in [-0.2, -0.15) is 0 Å². The average Bonchev–Trinajstić information content (AvgIpc) is 3.09. The lowest BCUT2D eigenvalue weighted by atomic mass is 10.1. The SMILES string of the molecule is Clc1ccc(C2C=C(c3ccccc3)N(c3ccccc3)N2)cc1. The van der Waals surface area contributed by atoms with Gasteiger partial charge in [0.05, 0.1) is 17.4 Å². The molecule has 0 spiro atoms. The summed E-state index contributed by atoms with van der Waals surface area (Å²) in [6.07, 6.45) is 2.26. The normalized spacial score (nSPS) is 17.0. The maximum Gasteiger partial charge on any atom is 0.0720 e. The molecule has 3 heteroatoms. The first-order valence-electron chi connectivity index (χ1n) is 7.95. The smallest absolute Gasteiger partial charge is 0.0720 e. The van der Waals surface area contributed by atoms with Crippen LogP contribution in [0.5, 0.6) is 0 Å². The van der Waals surface area contributed by atoms with E-state index in [4.69, 9.17) is 11.6 Å². The van der Waals surface area contributed by atoms with Gasteiger partial charge in [-0.25, -0.2) is 5.43 Å². The molecule has 0 saturated heterocycles. The number of nitrogens with zero attached hydrogens (tertiary/aromatic N) is 1. The number of nitrogens with one attached hydrogen (secondary N) is 1. The minimum Gasteiger partial charge on any atom is -0.276 e. The summed E-state index contributed by atoms with van der Waals surface area (Å²) < 4.78 is 0. The van der Waals surface area contributed by atoms with Gasteiger partial charge in [0.15, 0.2) is 0 Å². The molecule has 0 radical (unpaired) electrons. The van der Waals surface area contributed by atoms with Crippen molar-refractivity contribution in [2.24, 2.45) is 0 Å². The van der Waals surface area contributed by atoms with E-state index in [1.54, 1.807) is 0 Å². The molecular formula is C21H17ClN2. The minimum atomic E-state index is 0.109. The molecule has 2 nitrogen and oxygen atoms in total. The number of benzene rings is 3. The number of hydrogen-bond acceptors (Lipinski definition) is 2. The molecule has 1 unspecified atom stereocenters. The van der Waals surface area contributed by atoms with Gasteiger partial charge in [0.1, 0.15) is 0 Å². The Bertz CT molecular complexity index is 842. The number of hydrazine groups is 1. The van der Waals surface area contributed by atoms with Crippen molar-refractivity contribution in [1.82, 2.24) is 5.43 Å². The van der Waals surface area contributed by atoms with E-state index in [0.717, 1.165) is 16.4 Å². The standard InChI is InChI=1S/C21H17ClN2/c22-18-13-11-16(12-14-18)20-15-21(17-7-3-1-4-8-17)24(23-20)19-9-5-2-6-10-19/h1-15,20,23H. The zero-order valence-electron chi connectivity index (χ0n) is 13.1. The zero-order chi connectivity index (χ0) is 16.4. The highest BCUT2D eigenvalue weighted by Gasteiger charge is 2.25. The molecule has 118 valence electrons. The highest BCUT2D eigenvalue weighted by atomic mass is 35.5. The van der Waals surface area contributed by atoms with Gasteiger partial charge in [-0.05, 0) is 41.5 Å². The maximum atomic E-state index is 6.02. The third-order valence-electron chi connectivity index (χ3n) is 4.15. The first-order valence-corrected chi connectivity index (χ1v) is 8.33. The van der Waals surface area contributed by atoms with Crippen LogP contribution in [0.2, 0.25) is 5.02 Å². The summed E-state index contributed by atoms with van der Waals surface area (Å²) in [4.78, 5) is 0. The molecular weight excluding hydrogens is 316 g/mol. The van der Waals surface area contributed by atoms with E-state index in [0.29, 0.717) is 0 Å². The Morgan fingerprint density at radius 1 is 0.750 bits per heavy atom. The quantitative estimate of drug-likeness (QED) is 0.686. The van der Waals surface area contributed by atoms with E-state index in [1.807, 2.05) is 24.3 Å². The van der Waals surface area contributed by atoms with E-state index in [9.17, 15) is 0 Å². The van der Waals surface area contributed by atoms with Gasteiger partial charge in [-0.3, -0.25) is 5.01 Å². The van der Waals surface area contributed by atoms with E-state index < -0.39 is 0 Å². The molecule has 0 aromatic heterocycles. The third kappa shape index (κ3) is 2.94. The van der Waals surface area contributed by atoms with Crippen LogP contribution in [0.1, 0.15) is 17.2 Å². The summed E-state index contributed by atoms with van der Waals surface area (Å²) in [7, 11) is 0.